The van der Waals surface area contributed by atoms with Crippen LogP contribution in [0.5, 0.6) is 0 Å². The zero-order chi connectivity index (χ0) is 13.0. The molecule has 0 radical (unpaired) electrons. The van der Waals surface area contributed by atoms with Gasteiger partial charge in [0, 0.05) is 18.5 Å². The Balaban J connectivity index is 2.38. The fraction of sp³-hybridized carbons (Fsp3) is 0. The number of nitrogens with one attached hydrogen (secondary N) is 1. The van der Waals surface area contributed by atoms with Crippen LogP contribution in [0.2, 0.25) is 0 Å². The van der Waals surface area contributed by atoms with Crippen LogP contribution in [0.15, 0.2) is 40.8 Å². The molecule has 92 valence electrons. The maximum absolute atomic E-state index is 10.9. The highest BCUT2D eigenvalue weighted by Crippen LogP contribution is 2.31. The third-order valence-electron chi connectivity index (χ3n) is 1.91. The maximum atomic E-state index is 10.9. The molecule has 0 unspecified atom stereocenters. The lowest BCUT2D eigenvalue weighted by molar-refractivity contribution is -0.388. The summed E-state index contributed by atoms with van der Waals surface area (Å²) in [5, 5.41) is 11.4. The molecule has 0 fully saturated rings. The van der Waals surface area contributed by atoms with Gasteiger partial charge in [0.05, 0.1) is 4.92 Å². The number of nitrogens with two attached hydrogens (primary N) is 1. The number of hydrogen-bond donors (Lipinski definition) is 2. The van der Waals surface area contributed by atoms with Crippen molar-refractivity contribution < 1.29 is 4.92 Å². The highest BCUT2D eigenvalue weighted by Gasteiger charge is 2.18. The van der Waals surface area contributed by atoms with Crippen LogP contribution in [0.4, 0.5) is 11.5 Å². The van der Waals surface area contributed by atoms with E-state index in [2.05, 4.69) is 20.4 Å². The molecule has 0 aromatic carbocycles. The van der Waals surface area contributed by atoms with Gasteiger partial charge in [-0.05, 0) is 23.9 Å². The molecule has 9 heteroatoms. The van der Waals surface area contributed by atoms with Gasteiger partial charge in [-0.3, -0.25) is 10.1 Å². The van der Waals surface area contributed by atoms with E-state index in [1.165, 1.54) is 12.1 Å². The zero-order valence-electron chi connectivity index (χ0n) is 8.98. The number of pyridine rings is 1. The summed E-state index contributed by atoms with van der Waals surface area (Å²) in [6, 6.07) is 4.41. The van der Waals surface area contributed by atoms with Gasteiger partial charge in [0.2, 0.25) is 0 Å². The lowest BCUT2D eigenvalue weighted by Crippen LogP contribution is -2.09. The highest BCUT2D eigenvalue weighted by atomic mass is 32.2. The van der Waals surface area contributed by atoms with Gasteiger partial charge in [-0.2, -0.15) is 0 Å². The summed E-state index contributed by atoms with van der Waals surface area (Å²) in [4.78, 5) is 22.3. The van der Waals surface area contributed by atoms with Crippen molar-refractivity contribution in [3.63, 3.8) is 0 Å². The summed E-state index contributed by atoms with van der Waals surface area (Å²) in [6.45, 7) is 0. The van der Waals surface area contributed by atoms with Crippen LogP contribution in [-0.4, -0.2) is 19.9 Å². The standard InChI is InChI=1S/C9H8N6O2S/c10-14-7-3-2-6(15(16)17)8(13-7)18-9-11-4-1-5-12-9/h1-5H,10H2,(H,13,14). The lowest BCUT2D eigenvalue weighted by Gasteiger charge is -2.03. The monoisotopic (exact) mass is 264 g/mol. The number of aromatic nitrogens is 3. The number of nitrogen functional groups attached to an aromatic ring is 1. The Kier molecular flexibility index (Phi) is 3.65. The van der Waals surface area contributed by atoms with Gasteiger partial charge in [0.25, 0.3) is 0 Å². The molecular formula is C9H8N6O2S. The Morgan fingerprint density at radius 3 is 2.67 bits per heavy atom. The third kappa shape index (κ3) is 2.70. The Morgan fingerprint density at radius 2 is 2.06 bits per heavy atom. The highest BCUT2D eigenvalue weighted by molar-refractivity contribution is 7.99. The van der Waals surface area contributed by atoms with E-state index in [1.807, 2.05) is 0 Å². The molecule has 0 spiro atoms. The minimum atomic E-state index is -0.515. The van der Waals surface area contributed by atoms with Crippen LogP contribution < -0.4 is 11.3 Å². The summed E-state index contributed by atoms with van der Waals surface area (Å²) in [5.41, 5.74) is 2.21. The molecular weight excluding hydrogens is 256 g/mol. The van der Waals surface area contributed by atoms with Crippen molar-refractivity contribution in [3.05, 3.63) is 40.7 Å². The topological polar surface area (TPSA) is 120 Å². The molecule has 18 heavy (non-hydrogen) atoms. The molecule has 0 aliphatic rings. The van der Waals surface area contributed by atoms with Crippen molar-refractivity contribution in [1.29, 1.82) is 0 Å². The first-order valence-electron chi connectivity index (χ1n) is 4.77. The third-order valence-corrected chi connectivity index (χ3v) is 2.80. The molecule has 2 aromatic rings. The van der Waals surface area contributed by atoms with Gasteiger partial charge in [-0.1, -0.05) is 0 Å². The molecule has 2 rings (SSSR count). The first-order chi connectivity index (χ1) is 8.70. The molecule has 0 amide bonds. The second-order valence-corrected chi connectivity index (χ2v) is 4.01. The number of hydrogen-bond acceptors (Lipinski definition) is 8. The first-order valence-corrected chi connectivity index (χ1v) is 5.59. The Morgan fingerprint density at radius 1 is 1.33 bits per heavy atom. The number of nitro groups is 1. The number of nitrogens with zero attached hydrogens (tertiary/aromatic N) is 4. The van der Waals surface area contributed by atoms with Crippen molar-refractivity contribution in [3.8, 4) is 0 Å². The number of anilines is 1. The van der Waals surface area contributed by atoms with Crippen molar-refractivity contribution >= 4 is 23.3 Å². The molecule has 0 saturated carbocycles. The van der Waals surface area contributed by atoms with E-state index in [0.717, 1.165) is 11.8 Å². The molecule has 0 bridgehead atoms. The first kappa shape index (κ1) is 12.2. The SMILES string of the molecule is NNc1ccc([N+](=O)[O-])c(Sc2ncccn2)n1. The zero-order valence-corrected chi connectivity index (χ0v) is 9.79. The fourth-order valence-electron chi connectivity index (χ4n) is 1.15. The van der Waals surface area contributed by atoms with Crippen molar-refractivity contribution in [2.24, 2.45) is 5.84 Å². The minimum Gasteiger partial charge on any atom is -0.308 e. The number of rotatable bonds is 4. The average Bonchev–Trinajstić information content (AvgIpc) is 2.39. The van der Waals surface area contributed by atoms with Gasteiger partial charge < -0.3 is 5.43 Å². The summed E-state index contributed by atoms with van der Waals surface area (Å²) in [5.74, 6) is 5.55. The summed E-state index contributed by atoms with van der Waals surface area (Å²) < 4.78 is 0. The van der Waals surface area contributed by atoms with Crippen LogP contribution in [0.25, 0.3) is 0 Å². The fourth-order valence-corrected chi connectivity index (χ4v) is 1.94. The molecule has 8 nitrogen and oxygen atoms in total. The Labute approximate surface area is 106 Å². The minimum absolute atomic E-state index is 0.119. The molecule has 3 N–H and O–H groups in total. The predicted molar refractivity (Wildman–Crippen MR) is 64.9 cm³/mol. The smallest absolute Gasteiger partial charge is 0.301 e. The van der Waals surface area contributed by atoms with Gasteiger partial charge in [-0.15, -0.1) is 0 Å². The van der Waals surface area contributed by atoms with Crippen LogP contribution in [0, 0.1) is 10.1 Å². The molecule has 2 heterocycles. The van der Waals surface area contributed by atoms with Crippen molar-refractivity contribution in [2.45, 2.75) is 10.2 Å². The molecule has 2 aromatic heterocycles. The molecule has 0 aliphatic carbocycles. The van der Waals surface area contributed by atoms with Gasteiger partial charge >= 0.3 is 5.69 Å². The summed E-state index contributed by atoms with van der Waals surface area (Å²) >= 11 is 1.00. The normalized spacial score (nSPS) is 10.1. The van der Waals surface area contributed by atoms with Crippen LogP contribution in [-0.2, 0) is 0 Å². The Hall–Kier alpha value is -2.26. The van der Waals surface area contributed by atoms with E-state index in [-0.39, 0.29) is 10.7 Å². The average molecular weight is 264 g/mol. The van der Waals surface area contributed by atoms with E-state index in [1.54, 1.807) is 18.5 Å². The predicted octanol–water partition coefficient (Wildman–Crippen LogP) is 1.22. The summed E-state index contributed by atoms with van der Waals surface area (Å²) in [6.07, 6.45) is 3.10. The van der Waals surface area contributed by atoms with E-state index in [9.17, 15) is 10.1 Å². The van der Waals surface area contributed by atoms with Crippen LogP contribution in [0.3, 0.4) is 0 Å². The van der Waals surface area contributed by atoms with Gasteiger partial charge in [0.1, 0.15) is 5.82 Å². The summed E-state index contributed by atoms with van der Waals surface area (Å²) in [7, 11) is 0. The largest absolute Gasteiger partial charge is 0.308 e. The second kappa shape index (κ2) is 5.38. The van der Waals surface area contributed by atoms with E-state index in [4.69, 9.17) is 5.84 Å². The molecule has 0 saturated heterocycles. The molecule has 0 aliphatic heterocycles. The van der Waals surface area contributed by atoms with E-state index < -0.39 is 4.92 Å². The molecule has 0 atom stereocenters. The lowest BCUT2D eigenvalue weighted by atomic mass is 10.4. The van der Waals surface area contributed by atoms with Crippen molar-refractivity contribution in [2.75, 3.05) is 5.43 Å². The van der Waals surface area contributed by atoms with Gasteiger partial charge in [-0.25, -0.2) is 20.8 Å². The quantitative estimate of drug-likeness (QED) is 0.366. The van der Waals surface area contributed by atoms with Gasteiger partial charge in [0.15, 0.2) is 10.2 Å². The second-order valence-electron chi connectivity index (χ2n) is 3.06. The number of hydrazine groups is 1. The van der Waals surface area contributed by atoms with Crippen molar-refractivity contribution in [1.82, 2.24) is 15.0 Å². The maximum Gasteiger partial charge on any atom is 0.301 e. The van der Waals surface area contributed by atoms with Crippen LogP contribution >= 0.6 is 11.8 Å². The van der Waals surface area contributed by atoms with E-state index >= 15 is 0 Å². The van der Waals surface area contributed by atoms with Crippen LogP contribution in [0.1, 0.15) is 0 Å². The van der Waals surface area contributed by atoms with E-state index in [0.29, 0.717) is 11.0 Å². The Bertz CT molecular complexity index is 564.